The Labute approximate surface area is 413 Å². The summed E-state index contributed by atoms with van der Waals surface area (Å²) < 4.78 is 16.3. The van der Waals surface area contributed by atoms with E-state index in [2.05, 4.69) is 50.8 Å². The lowest BCUT2D eigenvalue weighted by molar-refractivity contribution is -0.132. The van der Waals surface area contributed by atoms with E-state index in [0.29, 0.717) is 24.1 Å². The Morgan fingerprint density at radius 2 is 1.03 bits per heavy atom. The van der Waals surface area contributed by atoms with Crippen LogP contribution in [0.5, 0.6) is 0 Å². The molecule has 14 nitrogen and oxygen atoms in total. The van der Waals surface area contributed by atoms with Crippen LogP contribution in [0.25, 0.3) is 22.3 Å². The molecule has 5 N–H and O–H groups in total. The van der Waals surface area contributed by atoms with Gasteiger partial charge in [0.1, 0.15) is 37.9 Å². The maximum absolute atomic E-state index is 14.2. The van der Waals surface area contributed by atoms with Crippen molar-refractivity contribution in [3.8, 4) is 22.3 Å². The van der Waals surface area contributed by atoms with E-state index in [9.17, 15) is 28.8 Å². The van der Waals surface area contributed by atoms with E-state index in [1.165, 1.54) is 0 Å². The second kappa shape index (κ2) is 23.9. The molecule has 70 heavy (non-hydrogen) atoms. The van der Waals surface area contributed by atoms with Crippen molar-refractivity contribution >= 4 is 52.6 Å². The van der Waals surface area contributed by atoms with Gasteiger partial charge >= 0.3 is 17.6 Å². The molecule has 0 bridgehead atoms. The molecule has 7 rings (SSSR count). The minimum atomic E-state index is -1.06. The predicted molar refractivity (Wildman–Crippen MR) is 268 cm³/mol. The third kappa shape index (κ3) is 12.9. The van der Waals surface area contributed by atoms with Crippen LogP contribution in [0.15, 0.2) is 121 Å². The first kappa shape index (κ1) is 50.7. The summed E-state index contributed by atoms with van der Waals surface area (Å²) in [7, 11) is 0. The molecule has 0 saturated carbocycles. The molecule has 2 aliphatic rings. The highest BCUT2D eigenvalue weighted by atomic mass is 35.5. The molecule has 15 heteroatoms. The molecule has 3 unspecified atom stereocenters. The molecule has 366 valence electrons. The van der Waals surface area contributed by atoms with Crippen molar-refractivity contribution in [2.75, 3.05) is 25.1 Å². The lowest BCUT2D eigenvalue weighted by atomic mass is 9.98. The van der Waals surface area contributed by atoms with E-state index in [1.54, 1.807) is 38.1 Å². The van der Waals surface area contributed by atoms with Gasteiger partial charge in [0.15, 0.2) is 0 Å². The van der Waals surface area contributed by atoms with Crippen molar-refractivity contribution < 1.29 is 43.0 Å². The van der Waals surface area contributed by atoms with Crippen LogP contribution in [0.1, 0.15) is 93.0 Å². The third-order valence-corrected chi connectivity index (χ3v) is 12.8. The average molecular weight is 971 g/mol. The van der Waals surface area contributed by atoms with Crippen molar-refractivity contribution in [1.29, 1.82) is 0 Å². The van der Waals surface area contributed by atoms with Gasteiger partial charge in [-0.15, -0.1) is 0 Å². The van der Waals surface area contributed by atoms with Gasteiger partial charge in [-0.05, 0) is 99.7 Å². The molecule has 0 spiro atoms. The van der Waals surface area contributed by atoms with Gasteiger partial charge in [-0.1, -0.05) is 137 Å². The number of hydrogen-bond acceptors (Lipinski definition) is 9. The molecule has 5 aromatic carbocycles. The van der Waals surface area contributed by atoms with E-state index in [1.807, 2.05) is 86.6 Å². The number of unbranched alkanes of at least 4 members (excludes halogenated alkanes) is 1. The Bertz CT molecular complexity index is 2580. The third-order valence-electron chi connectivity index (χ3n) is 12.6. The van der Waals surface area contributed by atoms with Gasteiger partial charge < -0.3 is 40.8 Å². The summed E-state index contributed by atoms with van der Waals surface area (Å²) in [5, 5.41) is 14.1. The lowest BCUT2D eigenvalue weighted by Crippen LogP contribution is -2.57. The SMILES string of the molecule is CC(C)CC(NC(=O)C(NC(=O)OCC1c2ccccc2-c2ccccc21)C(C)C)C(=O)NC(CCCCNC(=O)OCC1c2ccccc2-c2ccccc21)C(=O)Nc1ccc(COC(=O)Cl)cc1. The number of carbonyl (C=O) groups is 6. The smallest absolute Gasteiger partial charge is 0.407 e. The first-order valence-electron chi connectivity index (χ1n) is 23.8. The van der Waals surface area contributed by atoms with Crippen LogP contribution in [0.3, 0.4) is 0 Å². The molecule has 5 aromatic rings. The Kier molecular flexibility index (Phi) is 17.3. The second-order valence-electron chi connectivity index (χ2n) is 18.4. The number of rotatable bonds is 21. The zero-order chi connectivity index (χ0) is 49.7. The Morgan fingerprint density at radius 1 is 0.543 bits per heavy atom. The number of halogens is 1. The number of benzene rings is 5. The largest absolute Gasteiger partial charge is 0.449 e. The molecule has 0 aliphatic heterocycles. The summed E-state index contributed by atoms with van der Waals surface area (Å²) in [6.45, 7) is 7.82. The van der Waals surface area contributed by atoms with Gasteiger partial charge in [0, 0.05) is 35.7 Å². The lowest BCUT2D eigenvalue weighted by Gasteiger charge is -2.27. The van der Waals surface area contributed by atoms with Gasteiger partial charge in [0.25, 0.3) is 0 Å². The highest BCUT2D eigenvalue weighted by molar-refractivity contribution is 6.61. The minimum absolute atomic E-state index is 0.0449. The van der Waals surface area contributed by atoms with E-state index in [4.69, 9.17) is 25.8 Å². The summed E-state index contributed by atoms with van der Waals surface area (Å²) in [4.78, 5) is 79.4. The van der Waals surface area contributed by atoms with Crippen molar-refractivity contribution in [3.63, 3.8) is 0 Å². The number of amides is 5. The van der Waals surface area contributed by atoms with Crippen molar-refractivity contribution in [1.82, 2.24) is 21.3 Å². The average Bonchev–Trinajstić information content (AvgIpc) is 3.85. The van der Waals surface area contributed by atoms with E-state index >= 15 is 0 Å². The fourth-order valence-electron chi connectivity index (χ4n) is 9.17. The van der Waals surface area contributed by atoms with Crippen LogP contribution in [0.4, 0.5) is 20.1 Å². The van der Waals surface area contributed by atoms with Gasteiger partial charge in [0.2, 0.25) is 17.7 Å². The van der Waals surface area contributed by atoms with Gasteiger partial charge in [-0.3, -0.25) is 14.4 Å². The molecule has 5 amide bonds. The van der Waals surface area contributed by atoms with E-state index < -0.39 is 53.5 Å². The number of nitrogens with one attached hydrogen (secondary N) is 5. The first-order valence-corrected chi connectivity index (χ1v) is 24.2. The van der Waals surface area contributed by atoms with Crippen LogP contribution in [-0.4, -0.2) is 73.2 Å². The number of ether oxygens (including phenoxy) is 3. The topological polar surface area (TPSA) is 190 Å². The van der Waals surface area contributed by atoms with Crippen LogP contribution >= 0.6 is 11.6 Å². The summed E-state index contributed by atoms with van der Waals surface area (Å²) in [6, 6.07) is 35.6. The highest BCUT2D eigenvalue weighted by Gasteiger charge is 2.34. The zero-order valence-electron chi connectivity index (χ0n) is 39.8. The quantitative estimate of drug-likeness (QED) is 0.0271. The fourth-order valence-corrected chi connectivity index (χ4v) is 9.23. The Morgan fingerprint density at radius 3 is 1.51 bits per heavy atom. The van der Waals surface area contributed by atoms with Crippen molar-refractivity contribution in [2.24, 2.45) is 11.8 Å². The number of anilines is 1. The maximum atomic E-state index is 14.2. The van der Waals surface area contributed by atoms with Crippen LogP contribution in [0, 0.1) is 11.8 Å². The molecular weight excluding hydrogens is 910 g/mol. The summed E-state index contributed by atoms with van der Waals surface area (Å²) in [6.07, 6.45) is -0.0199. The summed E-state index contributed by atoms with van der Waals surface area (Å²) in [5.74, 6) is -2.35. The Hall–Kier alpha value is -7.19. The van der Waals surface area contributed by atoms with Crippen LogP contribution < -0.4 is 26.6 Å². The molecular formula is C55H60ClN5O9. The maximum Gasteiger partial charge on any atom is 0.407 e. The number of hydrogen-bond donors (Lipinski definition) is 5. The summed E-state index contributed by atoms with van der Waals surface area (Å²) in [5.41, 5.74) is 8.88. The van der Waals surface area contributed by atoms with Gasteiger partial charge in [-0.2, -0.15) is 0 Å². The molecule has 2 aliphatic carbocycles. The van der Waals surface area contributed by atoms with Gasteiger partial charge in [-0.25, -0.2) is 14.4 Å². The normalized spacial score (nSPS) is 13.7. The standard InChI is InChI=1S/C55H60ClN5O9/c1-33(2)29-48(60-52(64)49(34(3)4)61-55(67)70-32-46-43-21-11-7-17-39(43)40-18-8-12-22-44(40)46)51(63)59-47(50(62)58-36-26-24-35(25-27-36)30-68-53(56)65)23-13-14-28-57-54(66)69-31-45-41-19-9-5-15-37(41)38-16-6-10-20-42(38)45/h5-12,15-22,24-27,33-34,45-49H,13-14,23,28-32H2,1-4H3,(H,57,66)(H,58,62)(H,59,63)(H,60,64)(H,61,67). The highest BCUT2D eigenvalue weighted by Crippen LogP contribution is 2.45. The zero-order valence-corrected chi connectivity index (χ0v) is 40.6. The summed E-state index contributed by atoms with van der Waals surface area (Å²) >= 11 is 5.31. The number of carbonyl (C=O) groups excluding carboxylic acids is 6. The van der Waals surface area contributed by atoms with E-state index in [-0.39, 0.29) is 62.9 Å². The minimum Gasteiger partial charge on any atom is -0.449 e. The number of fused-ring (bicyclic) bond motifs is 6. The number of alkyl carbamates (subject to hydrolysis) is 2. The van der Waals surface area contributed by atoms with Crippen LogP contribution in [0.2, 0.25) is 0 Å². The Balaban J connectivity index is 0.956. The molecule has 3 atom stereocenters. The predicted octanol–water partition coefficient (Wildman–Crippen LogP) is 9.79. The monoisotopic (exact) mass is 969 g/mol. The fraction of sp³-hybridized carbons (Fsp3) is 0.345. The molecule has 0 fully saturated rings. The first-order chi connectivity index (χ1) is 33.8. The van der Waals surface area contributed by atoms with Crippen molar-refractivity contribution in [3.05, 3.63) is 149 Å². The molecule has 0 heterocycles. The van der Waals surface area contributed by atoms with Crippen molar-refractivity contribution in [2.45, 2.75) is 89.9 Å². The molecule has 0 radical (unpaired) electrons. The second-order valence-corrected chi connectivity index (χ2v) is 18.7. The van der Waals surface area contributed by atoms with Crippen LogP contribution in [-0.2, 0) is 35.2 Å². The van der Waals surface area contributed by atoms with E-state index in [0.717, 1.165) is 44.5 Å². The molecule has 0 saturated heterocycles. The van der Waals surface area contributed by atoms with Gasteiger partial charge in [0.05, 0.1) is 0 Å². The molecule has 0 aromatic heterocycles.